The number of amides is 2. The van der Waals surface area contributed by atoms with E-state index < -0.39 is 27.9 Å². The highest BCUT2D eigenvalue weighted by Gasteiger charge is 2.28. The van der Waals surface area contributed by atoms with E-state index in [-0.39, 0.29) is 26.2 Å². The third-order valence-corrected chi connectivity index (χ3v) is 5.28. The van der Waals surface area contributed by atoms with E-state index in [0.29, 0.717) is 5.02 Å². The third-order valence-electron chi connectivity index (χ3n) is 3.77. The molecule has 0 heterocycles. The van der Waals surface area contributed by atoms with Crippen LogP contribution >= 0.6 is 11.6 Å². The zero-order valence-corrected chi connectivity index (χ0v) is 16.5. The van der Waals surface area contributed by atoms with E-state index in [9.17, 15) is 18.0 Å². The average molecular weight is 406 g/mol. The number of nitrogens with zero attached hydrogens (tertiary/aromatic N) is 2. The fourth-order valence-electron chi connectivity index (χ4n) is 2.09. The molecule has 0 saturated carbocycles. The molecule has 8 nitrogen and oxygen atoms in total. The topological polar surface area (TPSA) is 107 Å². The van der Waals surface area contributed by atoms with Gasteiger partial charge in [0, 0.05) is 25.2 Å². The fraction of sp³-hybridized carbons (Fsp3) is 0.500. The van der Waals surface area contributed by atoms with Crippen molar-refractivity contribution < 1.29 is 23.1 Å². The van der Waals surface area contributed by atoms with E-state index in [1.807, 2.05) is 0 Å². The highest BCUT2D eigenvalue weighted by Crippen LogP contribution is 2.14. The number of benzene rings is 1. The molecule has 1 aromatic carbocycles. The molecule has 0 saturated heterocycles. The molecule has 1 aromatic rings. The number of likely N-dealkylation sites (N-methyl/N-ethyl adjacent to an activating group) is 1. The predicted octanol–water partition coefficient (Wildman–Crippen LogP) is 0.0570. The smallest absolute Gasteiger partial charge is 0.242 e. The lowest BCUT2D eigenvalue weighted by atomic mass is 10.1. The van der Waals surface area contributed by atoms with Crippen LogP contribution in [0.4, 0.5) is 0 Å². The van der Waals surface area contributed by atoms with Crippen molar-refractivity contribution in [2.45, 2.75) is 19.5 Å². The number of aliphatic hydroxyl groups excluding tert-OH is 1. The van der Waals surface area contributed by atoms with Crippen LogP contribution in [0, 0.1) is 0 Å². The van der Waals surface area contributed by atoms with E-state index in [0.717, 1.165) is 16.1 Å². The van der Waals surface area contributed by atoms with Crippen molar-refractivity contribution in [2.24, 2.45) is 0 Å². The van der Waals surface area contributed by atoms with Crippen molar-refractivity contribution in [2.75, 3.05) is 33.0 Å². The highest BCUT2D eigenvalue weighted by atomic mass is 35.5. The lowest BCUT2D eigenvalue weighted by molar-refractivity contribution is -0.140. The summed E-state index contributed by atoms with van der Waals surface area (Å²) in [5.74, 6) is -0.956. The number of aliphatic hydroxyl groups is 1. The Balaban J connectivity index is 3.01. The summed E-state index contributed by atoms with van der Waals surface area (Å²) in [4.78, 5) is 26.2. The van der Waals surface area contributed by atoms with Crippen LogP contribution in [0.2, 0.25) is 5.02 Å². The molecule has 0 bridgehead atoms. The summed E-state index contributed by atoms with van der Waals surface area (Å²) < 4.78 is 24.0. The first kappa shape index (κ1) is 22.4. The Morgan fingerprint density at radius 2 is 1.85 bits per heavy atom. The number of halogens is 1. The second-order valence-electron chi connectivity index (χ2n) is 5.86. The minimum Gasteiger partial charge on any atom is -0.395 e. The molecular weight excluding hydrogens is 382 g/mol. The number of carbonyl (C=O) groups is 2. The van der Waals surface area contributed by atoms with Gasteiger partial charge in [0.15, 0.2) is 0 Å². The largest absolute Gasteiger partial charge is 0.395 e. The Labute approximate surface area is 158 Å². The molecule has 0 spiro atoms. The number of hydrogen-bond donors (Lipinski definition) is 2. The second kappa shape index (κ2) is 9.86. The Morgan fingerprint density at radius 3 is 2.35 bits per heavy atom. The van der Waals surface area contributed by atoms with Gasteiger partial charge >= 0.3 is 0 Å². The van der Waals surface area contributed by atoms with E-state index in [2.05, 4.69) is 5.32 Å². The van der Waals surface area contributed by atoms with Gasteiger partial charge < -0.3 is 15.3 Å². The maximum Gasteiger partial charge on any atom is 0.242 e. The Morgan fingerprint density at radius 1 is 1.27 bits per heavy atom. The van der Waals surface area contributed by atoms with Crippen LogP contribution in [0.25, 0.3) is 0 Å². The van der Waals surface area contributed by atoms with Gasteiger partial charge in [-0.05, 0) is 24.6 Å². The summed E-state index contributed by atoms with van der Waals surface area (Å²) in [5.41, 5.74) is 0.742. The normalized spacial score (nSPS) is 12.7. The van der Waals surface area contributed by atoms with E-state index in [1.54, 1.807) is 31.2 Å². The molecule has 2 N–H and O–H groups in total. The molecule has 1 atom stereocenters. The van der Waals surface area contributed by atoms with Gasteiger partial charge in [-0.15, -0.1) is 0 Å². The molecule has 0 fully saturated rings. The van der Waals surface area contributed by atoms with Gasteiger partial charge in [-0.1, -0.05) is 23.7 Å². The van der Waals surface area contributed by atoms with Crippen LogP contribution in [-0.2, 0) is 26.2 Å². The molecule has 146 valence electrons. The van der Waals surface area contributed by atoms with Crippen molar-refractivity contribution >= 4 is 33.4 Å². The maximum absolute atomic E-state index is 12.7. The van der Waals surface area contributed by atoms with E-state index in [4.69, 9.17) is 16.7 Å². The van der Waals surface area contributed by atoms with Gasteiger partial charge in [0.1, 0.15) is 6.04 Å². The van der Waals surface area contributed by atoms with Gasteiger partial charge in [0.05, 0.1) is 19.4 Å². The minimum absolute atomic E-state index is 0.0649. The molecule has 26 heavy (non-hydrogen) atoms. The molecule has 0 aliphatic carbocycles. The molecule has 0 radical (unpaired) electrons. The molecule has 10 heteroatoms. The number of rotatable bonds is 9. The zero-order valence-electron chi connectivity index (χ0n) is 15.0. The predicted molar refractivity (Wildman–Crippen MR) is 99.0 cm³/mol. The third kappa shape index (κ3) is 6.91. The summed E-state index contributed by atoms with van der Waals surface area (Å²) in [6, 6.07) is 5.93. The van der Waals surface area contributed by atoms with Crippen LogP contribution < -0.4 is 5.32 Å². The Bertz CT molecular complexity index is 724. The zero-order chi connectivity index (χ0) is 19.9. The van der Waals surface area contributed by atoms with Crippen molar-refractivity contribution in [1.82, 2.24) is 14.5 Å². The summed E-state index contributed by atoms with van der Waals surface area (Å²) in [6.45, 7) is 1.11. The van der Waals surface area contributed by atoms with Crippen LogP contribution in [0.3, 0.4) is 0 Å². The maximum atomic E-state index is 12.7. The van der Waals surface area contributed by atoms with E-state index >= 15 is 0 Å². The minimum atomic E-state index is -3.54. The molecule has 1 rings (SSSR count). The van der Waals surface area contributed by atoms with Gasteiger partial charge in [-0.25, -0.2) is 8.42 Å². The Kier molecular flexibility index (Phi) is 8.48. The number of nitrogens with one attached hydrogen (secondary N) is 1. The average Bonchev–Trinajstić information content (AvgIpc) is 2.57. The quantitative estimate of drug-likeness (QED) is 0.604. The second-order valence-corrected chi connectivity index (χ2v) is 8.38. The van der Waals surface area contributed by atoms with Gasteiger partial charge in [-0.3, -0.25) is 9.59 Å². The van der Waals surface area contributed by atoms with Crippen LogP contribution in [-0.4, -0.2) is 73.6 Å². The van der Waals surface area contributed by atoms with Crippen molar-refractivity contribution in [3.8, 4) is 0 Å². The number of hydrogen-bond acceptors (Lipinski definition) is 5. The Hall–Kier alpha value is -1.68. The molecular formula is C16H24ClN3O5S. The lowest BCUT2D eigenvalue weighted by Crippen LogP contribution is -2.50. The van der Waals surface area contributed by atoms with Crippen LogP contribution in [0.1, 0.15) is 12.5 Å². The summed E-state index contributed by atoms with van der Waals surface area (Å²) in [6.07, 6.45) is 1.00. The van der Waals surface area contributed by atoms with Crippen LogP contribution in [0.15, 0.2) is 24.3 Å². The van der Waals surface area contributed by atoms with Gasteiger partial charge in [-0.2, -0.15) is 4.31 Å². The standard InChI is InChI=1S/C16H24ClN3O5S/c1-12(16(23)18-8-9-21)20(10-13-4-6-14(17)7-5-13)15(22)11-19(2)26(3,24)25/h4-7,12,21H,8-11H2,1-3H3,(H,18,23)/t12-/m0/s1. The van der Waals surface area contributed by atoms with Gasteiger partial charge in [0.2, 0.25) is 21.8 Å². The number of sulfonamides is 1. The monoisotopic (exact) mass is 405 g/mol. The van der Waals surface area contributed by atoms with Crippen molar-refractivity contribution in [3.05, 3.63) is 34.9 Å². The van der Waals surface area contributed by atoms with E-state index in [1.165, 1.54) is 11.9 Å². The first-order chi connectivity index (χ1) is 12.1. The lowest BCUT2D eigenvalue weighted by Gasteiger charge is -2.30. The first-order valence-corrected chi connectivity index (χ1v) is 10.1. The molecule has 2 amide bonds. The summed E-state index contributed by atoms with van der Waals surface area (Å²) in [7, 11) is -2.24. The van der Waals surface area contributed by atoms with Crippen molar-refractivity contribution in [3.63, 3.8) is 0 Å². The molecule has 0 aliphatic rings. The molecule has 0 aromatic heterocycles. The summed E-state index contributed by atoms with van der Waals surface area (Å²) in [5, 5.41) is 11.9. The van der Waals surface area contributed by atoms with Gasteiger partial charge in [0.25, 0.3) is 0 Å². The number of carbonyl (C=O) groups excluding carboxylic acids is 2. The fourth-order valence-corrected chi connectivity index (χ4v) is 2.57. The highest BCUT2D eigenvalue weighted by molar-refractivity contribution is 7.88. The molecule has 0 aliphatic heterocycles. The molecule has 0 unspecified atom stereocenters. The summed E-state index contributed by atoms with van der Waals surface area (Å²) >= 11 is 5.86. The SMILES string of the molecule is C[C@@H](C(=O)NCCO)N(Cc1ccc(Cl)cc1)C(=O)CN(C)S(C)(=O)=O. The first-order valence-electron chi connectivity index (χ1n) is 7.90. The van der Waals surface area contributed by atoms with Crippen molar-refractivity contribution in [1.29, 1.82) is 0 Å². The van der Waals surface area contributed by atoms with Crippen LogP contribution in [0.5, 0.6) is 0 Å².